The quantitative estimate of drug-likeness (QED) is 0.868. The van der Waals surface area contributed by atoms with Crippen LogP contribution in [-0.2, 0) is 0 Å². The van der Waals surface area contributed by atoms with Crippen LogP contribution in [0.3, 0.4) is 0 Å². The van der Waals surface area contributed by atoms with Gasteiger partial charge in [0.15, 0.2) is 0 Å². The van der Waals surface area contributed by atoms with Gasteiger partial charge in [-0.15, -0.1) is 0 Å². The van der Waals surface area contributed by atoms with Crippen molar-refractivity contribution < 1.29 is 9.90 Å². The zero-order valence-electron chi connectivity index (χ0n) is 14.9. The van der Waals surface area contributed by atoms with E-state index in [4.69, 9.17) is 0 Å². The van der Waals surface area contributed by atoms with Crippen LogP contribution in [0.2, 0.25) is 0 Å². The second kappa shape index (κ2) is 7.23. The highest BCUT2D eigenvalue weighted by atomic mass is 16.4. The second-order valence-corrected chi connectivity index (χ2v) is 6.80. The number of aromatic nitrogens is 3. The minimum Gasteiger partial charge on any atom is -0.478 e. The van der Waals surface area contributed by atoms with Gasteiger partial charge < -0.3 is 15.3 Å². The maximum Gasteiger partial charge on any atom is 0.337 e. The number of anilines is 2. The lowest BCUT2D eigenvalue weighted by Crippen LogP contribution is -2.39. The van der Waals surface area contributed by atoms with Gasteiger partial charge in [-0.1, -0.05) is 0 Å². The van der Waals surface area contributed by atoms with Gasteiger partial charge in [0.1, 0.15) is 0 Å². The molecule has 134 valence electrons. The Morgan fingerprint density at radius 1 is 1.28 bits per heavy atom. The van der Waals surface area contributed by atoms with Crippen LogP contribution in [0, 0.1) is 6.92 Å². The van der Waals surface area contributed by atoms with Gasteiger partial charge in [0.05, 0.1) is 41.1 Å². The van der Waals surface area contributed by atoms with Crippen molar-refractivity contribution in [2.24, 2.45) is 0 Å². The summed E-state index contributed by atoms with van der Waals surface area (Å²) in [6.45, 7) is 8.64. The summed E-state index contributed by atoms with van der Waals surface area (Å²) in [7, 11) is 0. The Hall–Kier alpha value is -2.41. The van der Waals surface area contributed by atoms with Crippen LogP contribution in [0.4, 0.5) is 11.4 Å². The van der Waals surface area contributed by atoms with Crippen LogP contribution in [0.25, 0.3) is 0 Å². The van der Waals surface area contributed by atoms with Crippen molar-refractivity contribution in [3.8, 4) is 0 Å². The number of aromatic carboxylic acids is 1. The number of hydrogen-bond acceptors (Lipinski definition) is 5. The SMILES string of the molecule is Cc1c(Nc2cnccc2C(=O)O)cnn1C1CCN(C(C)C)CC1. The predicted octanol–water partition coefficient (Wildman–Crippen LogP) is 3.07. The van der Waals surface area contributed by atoms with Crippen LogP contribution in [0.15, 0.2) is 24.7 Å². The molecule has 0 bridgehead atoms. The molecule has 0 amide bonds. The minimum atomic E-state index is -0.976. The Morgan fingerprint density at radius 3 is 2.64 bits per heavy atom. The summed E-state index contributed by atoms with van der Waals surface area (Å²) >= 11 is 0. The van der Waals surface area contributed by atoms with E-state index in [1.54, 1.807) is 6.20 Å². The van der Waals surface area contributed by atoms with E-state index >= 15 is 0 Å². The van der Waals surface area contributed by atoms with E-state index in [0.717, 1.165) is 37.3 Å². The number of carbonyl (C=O) groups is 1. The third-order valence-corrected chi connectivity index (χ3v) is 4.94. The molecular weight excluding hydrogens is 318 g/mol. The molecule has 25 heavy (non-hydrogen) atoms. The van der Waals surface area contributed by atoms with E-state index in [2.05, 4.69) is 38.8 Å². The monoisotopic (exact) mass is 343 g/mol. The van der Waals surface area contributed by atoms with Gasteiger partial charge in [-0.05, 0) is 39.7 Å². The lowest BCUT2D eigenvalue weighted by molar-refractivity contribution is 0.0698. The largest absolute Gasteiger partial charge is 0.478 e. The van der Waals surface area contributed by atoms with Crippen LogP contribution >= 0.6 is 0 Å². The molecule has 1 aliphatic rings. The Bertz CT molecular complexity index is 748. The van der Waals surface area contributed by atoms with E-state index < -0.39 is 5.97 Å². The summed E-state index contributed by atoms with van der Waals surface area (Å²) in [4.78, 5) is 17.8. The molecule has 1 aliphatic heterocycles. The second-order valence-electron chi connectivity index (χ2n) is 6.80. The number of carboxylic acids is 1. The molecule has 7 heteroatoms. The van der Waals surface area contributed by atoms with Crippen LogP contribution < -0.4 is 5.32 Å². The molecule has 0 spiro atoms. The number of nitrogens with zero attached hydrogens (tertiary/aromatic N) is 4. The average molecular weight is 343 g/mol. The normalized spacial score (nSPS) is 16.3. The smallest absolute Gasteiger partial charge is 0.337 e. The molecule has 0 aliphatic carbocycles. The zero-order chi connectivity index (χ0) is 18.0. The molecule has 7 nitrogen and oxygen atoms in total. The van der Waals surface area contributed by atoms with Crippen molar-refractivity contribution in [1.82, 2.24) is 19.7 Å². The van der Waals surface area contributed by atoms with Gasteiger partial charge >= 0.3 is 5.97 Å². The first-order valence-electron chi connectivity index (χ1n) is 8.70. The van der Waals surface area contributed by atoms with Crippen molar-refractivity contribution in [1.29, 1.82) is 0 Å². The first-order chi connectivity index (χ1) is 12.0. The Balaban J connectivity index is 1.75. The number of rotatable bonds is 5. The fraction of sp³-hybridized carbons (Fsp3) is 0.500. The Morgan fingerprint density at radius 2 is 2.00 bits per heavy atom. The third-order valence-electron chi connectivity index (χ3n) is 4.94. The van der Waals surface area contributed by atoms with Crippen LogP contribution in [0.5, 0.6) is 0 Å². The molecule has 0 saturated carbocycles. The molecule has 2 aromatic rings. The average Bonchev–Trinajstić information content (AvgIpc) is 2.96. The standard InChI is InChI=1S/C18H25N5O2/c1-12(2)22-8-5-14(6-9-22)23-13(3)16(11-20-23)21-17-10-19-7-4-15(17)18(24)25/h4,7,10-12,14,21H,5-6,8-9H2,1-3H3,(H,24,25). The summed E-state index contributed by atoms with van der Waals surface area (Å²) in [6.07, 6.45) is 6.93. The fourth-order valence-electron chi connectivity index (χ4n) is 3.39. The first-order valence-corrected chi connectivity index (χ1v) is 8.70. The van der Waals surface area contributed by atoms with Crippen molar-refractivity contribution >= 4 is 17.3 Å². The summed E-state index contributed by atoms with van der Waals surface area (Å²) in [6, 6.07) is 2.46. The fourth-order valence-corrected chi connectivity index (χ4v) is 3.39. The van der Waals surface area contributed by atoms with Crippen LogP contribution in [0.1, 0.15) is 48.8 Å². The maximum absolute atomic E-state index is 11.3. The molecule has 0 unspecified atom stereocenters. The highest BCUT2D eigenvalue weighted by Crippen LogP contribution is 2.29. The van der Waals surface area contributed by atoms with Gasteiger partial charge in [-0.3, -0.25) is 9.67 Å². The minimum absolute atomic E-state index is 0.201. The van der Waals surface area contributed by atoms with Gasteiger partial charge in [-0.25, -0.2) is 4.79 Å². The van der Waals surface area contributed by atoms with Crippen LogP contribution in [-0.4, -0.2) is 49.9 Å². The van der Waals surface area contributed by atoms with Gasteiger partial charge in [0, 0.05) is 25.3 Å². The lowest BCUT2D eigenvalue weighted by Gasteiger charge is -2.35. The molecule has 1 fully saturated rings. The van der Waals surface area contributed by atoms with Crippen molar-refractivity contribution in [3.05, 3.63) is 35.9 Å². The number of hydrogen-bond donors (Lipinski definition) is 2. The van der Waals surface area contributed by atoms with E-state index in [-0.39, 0.29) is 5.56 Å². The van der Waals surface area contributed by atoms with Gasteiger partial charge in [0.2, 0.25) is 0 Å². The Labute approximate surface area is 147 Å². The highest BCUT2D eigenvalue weighted by Gasteiger charge is 2.24. The molecule has 2 aromatic heterocycles. The summed E-state index contributed by atoms with van der Waals surface area (Å²) in [5, 5.41) is 17.0. The third kappa shape index (κ3) is 3.66. The van der Waals surface area contributed by atoms with Gasteiger partial charge in [-0.2, -0.15) is 5.10 Å². The molecule has 0 radical (unpaired) electrons. The summed E-state index contributed by atoms with van der Waals surface area (Å²) in [5.74, 6) is -0.976. The predicted molar refractivity (Wildman–Crippen MR) is 96.4 cm³/mol. The van der Waals surface area contributed by atoms with E-state index in [1.165, 1.54) is 18.5 Å². The van der Waals surface area contributed by atoms with Crippen molar-refractivity contribution in [3.63, 3.8) is 0 Å². The topological polar surface area (TPSA) is 83.3 Å². The number of nitrogens with one attached hydrogen (secondary N) is 1. The molecule has 0 aromatic carbocycles. The molecule has 2 N–H and O–H groups in total. The van der Waals surface area contributed by atoms with E-state index in [1.807, 2.05) is 6.92 Å². The first kappa shape index (κ1) is 17.4. The highest BCUT2D eigenvalue weighted by molar-refractivity contribution is 5.94. The Kier molecular flexibility index (Phi) is 5.03. The number of pyridine rings is 1. The van der Waals surface area contributed by atoms with Crippen molar-refractivity contribution in [2.45, 2.75) is 45.7 Å². The molecule has 3 heterocycles. The summed E-state index contributed by atoms with van der Waals surface area (Å²) < 4.78 is 2.07. The molecule has 1 saturated heterocycles. The molecular formula is C18H25N5O2. The number of piperidine rings is 1. The maximum atomic E-state index is 11.3. The lowest BCUT2D eigenvalue weighted by atomic mass is 10.0. The summed E-state index contributed by atoms with van der Waals surface area (Å²) in [5.41, 5.74) is 2.52. The van der Waals surface area contributed by atoms with Crippen molar-refractivity contribution in [2.75, 3.05) is 18.4 Å². The zero-order valence-corrected chi connectivity index (χ0v) is 14.9. The number of likely N-dealkylation sites (tertiary alicyclic amines) is 1. The van der Waals surface area contributed by atoms with E-state index in [0.29, 0.717) is 17.8 Å². The molecule has 0 atom stereocenters. The molecule has 3 rings (SSSR count). The number of carboxylic acid groups (broad SMARTS) is 1. The van der Waals surface area contributed by atoms with Gasteiger partial charge in [0.25, 0.3) is 0 Å². The van der Waals surface area contributed by atoms with E-state index in [9.17, 15) is 9.90 Å².